The number of rotatable bonds is 3. The molecule has 2 saturated heterocycles. The molecule has 2 aromatic rings. The molecule has 1 N–H and O–H groups in total. The highest BCUT2D eigenvalue weighted by Gasteiger charge is 2.38. The van der Waals surface area contributed by atoms with Crippen molar-refractivity contribution in [1.29, 1.82) is 0 Å². The molecule has 0 bridgehead atoms. The summed E-state index contributed by atoms with van der Waals surface area (Å²) in [6.07, 6.45) is 3.44. The first kappa shape index (κ1) is 21.2. The van der Waals surface area contributed by atoms with E-state index in [1.165, 1.54) is 6.42 Å². The second-order valence-corrected chi connectivity index (χ2v) is 8.49. The van der Waals surface area contributed by atoms with Gasteiger partial charge >= 0.3 is 0 Å². The van der Waals surface area contributed by atoms with E-state index in [-0.39, 0.29) is 18.3 Å². The minimum Gasteiger partial charge on any atom is -0.338 e. The van der Waals surface area contributed by atoms with Crippen molar-refractivity contribution in [3.8, 4) is 0 Å². The van der Waals surface area contributed by atoms with Gasteiger partial charge in [0.1, 0.15) is 0 Å². The predicted octanol–water partition coefficient (Wildman–Crippen LogP) is 3.84. The minimum absolute atomic E-state index is 0. The van der Waals surface area contributed by atoms with Gasteiger partial charge in [0.2, 0.25) is 0 Å². The van der Waals surface area contributed by atoms with Gasteiger partial charge in [0.05, 0.1) is 17.8 Å². The summed E-state index contributed by atoms with van der Waals surface area (Å²) in [6, 6.07) is 7.77. The molecule has 3 heterocycles. The lowest BCUT2D eigenvalue weighted by Gasteiger charge is -2.38. The predicted molar refractivity (Wildman–Crippen MR) is 115 cm³/mol. The Kier molecular flexibility index (Phi) is 6.37. The molecule has 1 aromatic carbocycles. The summed E-state index contributed by atoms with van der Waals surface area (Å²) in [4.78, 5) is 15.2. The van der Waals surface area contributed by atoms with Crippen LogP contribution in [0.3, 0.4) is 0 Å². The van der Waals surface area contributed by atoms with Gasteiger partial charge in [-0.2, -0.15) is 5.10 Å². The Morgan fingerprint density at radius 3 is 2.46 bits per heavy atom. The Labute approximate surface area is 177 Å². The third-order valence-corrected chi connectivity index (χ3v) is 6.54. The molecule has 4 rings (SSSR count). The third kappa shape index (κ3) is 4.07. The fourth-order valence-electron chi connectivity index (χ4n) is 4.49. The number of nitrogens with one attached hydrogen (secondary N) is 1. The zero-order valence-electron chi connectivity index (χ0n) is 16.5. The summed E-state index contributed by atoms with van der Waals surface area (Å²) >= 11 is 5.97. The molecule has 0 atom stereocenters. The van der Waals surface area contributed by atoms with E-state index >= 15 is 0 Å². The van der Waals surface area contributed by atoms with Crippen LogP contribution in [0.1, 0.15) is 46.6 Å². The highest BCUT2D eigenvalue weighted by molar-refractivity contribution is 6.30. The SMILES string of the molecule is Cc1nn(Cc2ccc(Cl)cc2)c(C)c1C(=O)N1CCC2(CCNC2)CC1.Cl. The third-order valence-electron chi connectivity index (χ3n) is 6.28. The molecule has 1 aromatic heterocycles. The maximum Gasteiger partial charge on any atom is 0.257 e. The van der Waals surface area contributed by atoms with Gasteiger partial charge in [-0.05, 0) is 62.8 Å². The van der Waals surface area contributed by atoms with Crippen molar-refractivity contribution in [3.63, 3.8) is 0 Å². The van der Waals surface area contributed by atoms with Crippen LogP contribution in [0.2, 0.25) is 5.02 Å². The number of nitrogens with zero attached hydrogens (tertiary/aromatic N) is 3. The Morgan fingerprint density at radius 2 is 1.86 bits per heavy atom. The van der Waals surface area contributed by atoms with E-state index in [1.54, 1.807) is 0 Å². The monoisotopic (exact) mass is 422 g/mol. The molecule has 2 aliphatic rings. The molecule has 5 nitrogen and oxygen atoms in total. The van der Waals surface area contributed by atoms with Crippen LogP contribution in [0.5, 0.6) is 0 Å². The highest BCUT2D eigenvalue weighted by atomic mass is 35.5. The smallest absolute Gasteiger partial charge is 0.257 e. The number of aromatic nitrogens is 2. The number of benzene rings is 1. The number of halogens is 2. The Bertz CT molecular complexity index is 831. The zero-order chi connectivity index (χ0) is 19.0. The highest BCUT2D eigenvalue weighted by Crippen LogP contribution is 2.37. The van der Waals surface area contributed by atoms with Gasteiger partial charge in [-0.15, -0.1) is 12.4 Å². The average molecular weight is 423 g/mol. The molecule has 2 fully saturated rings. The topological polar surface area (TPSA) is 50.2 Å². The van der Waals surface area contributed by atoms with Gasteiger partial charge < -0.3 is 10.2 Å². The summed E-state index contributed by atoms with van der Waals surface area (Å²) in [5, 5.41) is 8.85. The summed E-state index contributed by atoms with van der Waals surface area (Å²) in [6.45, 7) is 8.49. The first-order chi connectivity index (χ1) is 13.0. The Hall–Kier alpha value is -1.56. The van der Waals surface area contributed by atoms with Gasteiger partial charge in [0, 0.05) is 30.4 Å². The van der Waals surface area contributed by atoms with E-state index in [9.17, 15) is 4.79 Å². The van der Waals surface area contributed by atoms with Crippen molar-refractivity contribution in [3.05, 3.63) is 51.8 Å². The van der Waals surface area contributed by atoms with Crippen LogP contribution in [0, 0.1) is 19.3 Å². The van der Waals surface area contributed by atoms with E-state index < -0.39 is 0 Å². The Morgan fingerprint density at radius 1 is 1.18 bits per heavy atom. The maximum absolute atomic E-state index is 13.2. The Balaban J connectivity index is 0.00000225. The lowest BCUT2D eigenvalue weighted by atomic mass is 9.78. The molecule has 0 unspecified atom stereocenters. The first-order valence-corrected chi connectivity index (χ1v) is 10.1. The van der Waals surface area contributed by atoms with E-state index in [0.29, 0.717) is 12.0 Å². The van der Waals surface area contributed by atoms with Gasteiger partial charge in [0.15, 0.2) is 0 Å². The summed E-state index contributed by atoms with van der Waals surface area (Å²) in [7, 11) is 0. The van der Waals surface area contributed by atoms with Crippen LogP contribution in [-0.4, -0.2) is 46.8 Å². The number of carbonyl (C=O) groups excluding carboxylic acids is 1. The van der Waals surface area contributed by atoms with Gasteiger partial charge in [-0.3, -0.25) is 9.48 Å². The molecule has 1 spiro atoms. The first-order valence-electron chi connectivity index (χ1n) is 9.76. The summed E-state index contributed by atoms with van der Waals surface area (Å²) in [5.41, 5.74) is 4.06. The van der Waals surface area contributed by atoms with Crippen LogP contribution in [0.25, 0.3) is 0 Å². The fraction of sp³-hybridized carbons (Fsp3) is 0.524. The second kappa shape index (κ2) is 8.44. The van der Waals surface area contributed by atoms with Crippen LogP contribution >= 0.6 is 24.0 Å². The van der Waals surface area contributed by atoms with E-state index in [1.807, 2.05) is 47.7 Å². The van der Waals surface area contributed by atoms with Crippen LogP contribution in [0.15, 0.2) is 24.3 Å². The van der Waals surface area contributed by atoms with Crippen molar-refractivity contribution >= 4 is 29.9 Å². The van der Waals surface area contributed by atoms with Crippen molar-refractivity contribution in [2.24, 2.45) is 5.41 Å². The summed E-state index contributed by atoms with van der Waals surface area (Å²) in [5.74, 6) is 0.133. The number of hydrogen-bond donors (Lipinski definition) is 1. The van der Waals surface area contributed by atoms with Gasteiger partial charge in [-0.1, -0.05) is 23.7 Å². The summed E-state index contributed by atoms with van der Waals surface area (Å²) < 4.78 is 1.93. The van der Waals surface area contributed by atoms with Crippen molar-refractivity contribution < 1.29 is 4.79 Å². The van der Waals surface area contributed by atoms with Crippen LogP contribution < -0.4 is 5.32 Å². The molecular formula is C21H28Cl2N4O. The van der Waals surface area contributed by atoms with Crippen molar-refractivity contribution in [1.82, 2.24) is 20.0 Å². The van der Waals surface area contributed by atoms with E-state index in [4.69, 9.17) is 11.6 Å². The molecule has 0 aliphatic carbocycles. The van der Waals surface area contributed by atoms with Crippen molar-refractivity contribution in [2.45, 2.75) is 39.7 Å². The molecule has 2 aliphatic heterocycles. The molecule has 152 valence electrons. The lowest BCUT2D eigenvalue weighted by Crippen LogP contribution is -2.44. The second-order valence-electron chi connectivity index (χ2n) is 8.05. The van der Waals surface area contributed by atoms with E-state index in [2.05, 4.69) is 10.4 Å². The number of likely N-dealkylation sites (tertiary alicyclic amines) is 1. The normalized spacial score (nSPS) is 18.3. The molecule has 0 radical (unpaired) electrons. The number of hydrogen-bond acceptors (Lipinski definition) is 3. The number of aryl methyl sites for hydroxylation is 1. The largest absolute Gasteiger partial charge is 0.338 e. The fourth-order valence-corrected chi connectivity index (χ4v) is 4.61. The van der Waals surface area contributed by atoms with Crippen molar-refractivity contribution in [2.75, 3.05) is 26.2 Å². The quantitative estimate of drug-likeness (QED) is 0.816. The average Bonchev–Trinajstić information content (AvgIpc) is 3.22. The molecule has 0 saturated carbocycles. The maximum atomic E-state index is 13.2. The minimum atomic E-state index is 0. The van der Waals surface area contributed by atoms with E-state index in [0.717, 1.165) is 66.6 Å². The lowest BCUT2D eigenvalue weighted by molar-refractivity contribution is 0.0606. The molecule has 7 heteroatoms. The van der Waals surface area contributed by atoms with Gasteiger partial charge in [-0.25, -0.2) is 0 Å². The number of amides is 1. The van der Waals surface area contributed by atoms with Crippen LogP contribution in [0.4, 0.5) is 0 Å². The molecular weight excluding hydrogens is 395 g/mol. The standard InChI is InChI=1S/C21H27ClN4O.ClH/c1-15-19(16(2)26(24-15)13-17-3-5-18(22)6-4-17)20(27)25-11-8-21(9-12-25)7-10-23-14-21;/h3-6,23H,7-14H2,1-2H3;1H. The molecule has 1 amide bonds. The molecule has 28 heavy (non-hydrogen) atoms. The zero-order valence-corrected chi connectivity index (χ0v) is 18.1. The van der Waals surface area contributed by atoms with Crippen LogP contribution in [-0.2, 0) is 6.54 Å². The van der Waals surface area contributed by atoms with Gasteiger partial charge in [0.25, 0.3) is 5.91 Å². The number of carbonyl (C=O) groups is 1. The number of piperidine rings is 1.